The van der Waals surface area contributed by atoms with E-state index in [1.54, 1.807) is 12.3 Å². The van der Waals surface area contributed by atoms with Gasteiger partial charge in [0.2, 0.25) is 0 Å². The van der Waals surface area contributed by atoms with E-state index in [-0.39, 0.29) is 5.75 Å². The zero-order chi connectivity index (χ0) is 15.2. The fraction of sp³-hybridized carbons (Fsp3) is 0.471. The number of fused-ring (bicyclic) bond motifs is 1. The fourth-order valence-corrected chi connectivity index (χ4v) is 2.68. The minimum Gasteiger partial charge on any atom is -0.506 e. The van der Waals surface area contributed by atoms with E-state index in [1.807, 2.05) is 12.1 Å². The van der Waals surface area contributed by atoms with Crippen LogP contribution < -0.4 is 10.6 Å². The Labute approximate surface area is 126 Å². The van der Waals surface area contributed by atoms with Gasteiger partial charge < -0.3 is 15.7 Å². The maximum absolute atomic E-state index is 9.98. The molecule has 1 heterocycles. The molecule has 0 spiro atoms. The molecule has 1 aromatic carbocycles. The highest BCUT2D eigenvalue weighted by Crippen LogP contribution is 2.33. The Morgan fingerprint density at radius 1 is 1.14 bits per heavy atom. The minimum atomic E-state index is 0.244. The van der Waals surface area contributed by atoms with Crippen molar-refractivity contribution in [1.29, 1.82) is 0 Å². The van der Waals surface area contributed by atoms with E-state index in [0.29, 0.717) is 5.52 Å². The Hall–Kier alpha value is -1.81. The molecule has 2 rings (SSSR count). The van der Waals surface area contributed by atoms with Gasteiger partial charge in [-0.2, -0.15) is 0 Å². The first-order valence-corrected chi connectivity index (χ1v) is 7.63. The van der Waals surface area contributed by atoms with Crippen LogP contribution in [0.4, 0.5) is 5.69 Å². The summed E-state index contributed by atoms with van der Waals surface area (Å²) in [6.07, 6.45) is 6.40. The minimum absolute atomic E-state index is 0.244. The van der Waals surface area contributed by atoms with Gasteiger partial charge in [-0.3, -0.25) is 4.98 Å². The van der Waals surface area contributed by atoms with Crippen molar-refractivity contribution in [2.45, 2.75) is 32.6 Å². The molecule has 4 nitrogen and oxygen atoms in total. The second-order valence-electron chi connectivity index (χ2n) is 5.58. The summed E-state index contributed by atoms with van der Waals surface area (Å²) in [5.74, 6) is 0.244. The molecule has 0 radical (unpaired) electrons. The number of anilines is 1. The molecule has 3 N–H and O–H groups in total. The highest BCUT2D eigenvalue weighted by molar-refractivity contribution is 5.97. The molecule has 21 heavy (non-hydrogen) atoms. The van der Waals surface area contributed by atoms with Crippen LogP contribution in [-0.4, -0.2) is 30.2 Å². The van der Waals surface area contributed by atoms with Crippen LogP contribution in [0.5, 0.6) is 5.75 Å². The predicted molar refractivity (Wildman–Crippen MR) is 88.9 cm³/mol. The molecule has 0 bridgehead atoms. The normalized spacial score (nSPS) is 11.0. The largest absolute Gasteiger partial charge is 0.506 e. The summed E-state index contributed by atoms with van der Waals surface area (Å²) in [6.45, 7) is 3.84. The second kappa shape index (κ2) is 7.27. The number of benzene rings is 1. The van der Waals surface area contributed by atoms with E-state index in [0.717, 1.165) is 42.6 Å². The van der Waals surface area contributed by atoms with Crippen molar-refractivity contribution >= 4 is 16.6 Å². The number of nitrogens with two attached hydrogens (primary N) is 1. The third-order valence-corrected chi connectivity index (χ3v) is 3.92. The van der Waals surface area contributed by atoms with E-state index in [2.05, 4.69) is 23.9 Å². The van der Waals surface area contributed by atoms with E-state index in [1.165, 1.54) is 12.8 Å². The van der Waals surface area contributed by atoms with Gasteiger partial charge in [-0.1, -0.05) is 12.8 Å². The number of phenols is 1. The Balaban J connectivity index is 2.16. The van der Waals surface area contributed by atoms with Crippen LogP contribution in [0, 0.1) is 6.92 Å². The lowest BCUT2D eigenvalue weighted by atomic mass is 10.1. The number of nitrogens with zero attached hydrogens (tertiary/aromatic N) is 2. The molecular weight excluding hydrogens is 262 g/mol. The summed E-state index contributed by atoms with van der Waals surface area (Å²) in [5, 5.41) is 11.0. The number of rotatable bonds is 7. The van der Waals surface area contributed by atoms with Gasteiger partial charge in [-0.15, -0.1) is 0 Å². The summed E-state index contributed by atoms with van der Waals surface area (Å²) >= 11 is 0. The van der Waals surface area contributed by atoms with Crippen LogP contribution >= 0.6 is 0 Å². The molecule has 114 valence electrons. The first-order chi connectivity index (χ1) is 10.1. The Morgan fingerprint density at radius 3 is 2.67 bits per heavy atom. The lowest BCUT2D eigenvalue weighted by Crippen LogP contribution is -2.19. The quantitative estimate of drug-likeness (QED) is 0.768. The molecule has 0 saturated carbocycles. The maximum Gasteiger partial charge on any atom is 0.141 e. The van der Waals surface area contributed by atoms with Crippen molar-refractivity contribution in [1.82, 2.24) is 4.98 Å². The molecule has 0 aliphatic rings. The Kier molecular flexibility index (Phi) is 5.39. The standard InChI is InChI=1S/C17H25N3O/c1-13-9-11-19-17-15(21)8-7-14(16(13)17)20(2)12-6-4-3-5-10-18/h7-9,11,21H,3-6,10,12,18H2,1-2H3. The summed E-state index contributed by atoms with van der Waals surface area (Å²) in [6, 6.07) is 5.70. The van der Waals surface area contributed by atoms with Gasteiger partial charge in [0.25, 0.3) is 0 Å². The molecule has 0 aliphatic carbocycles. The van der Waals surface area contributed by atoms with Gasteiger partial charge in [0.15, 0.2) is 0 Å². The van der Waals surface area contributed by atoms with Gasteiger partial charge in [0.05, 0.1) is 0 Å². The number of aromatic nitrogens is 1. The number of unbranched alkanes of at least 4 members (excludes halogenated alkanes) is 3. The van der Waals surface area contributed by atoms with Gasteiger partial charge in [0.1, 0.15) is 11.3 Å². The molecule has 0 amide bonds. The average molecular weight is 287 g/mol. The fourth-order valence-electron chi connectivity index (χ4n) is 2.68. The van der Waals surface area contributed by atoms with Gasteiger partial charge >= 0.3 is 0 Å². The van der Waals surface area contributed by atoms with E-state index < -0.39 is 0 Å². The number of aryl methyl sites for hydroxylation is 1. The van der Waals surface area contributed by atoms with Gasteiger partial charge in [-0.05, 0) is 50.1 Å². The summed E-state index contributed by atoms with van der Waals surface area (Å²) < 4.78 is 0. The molecule has 0 aliphatic heterocycles. The van der Waals surface area contributed by atoms with Crippen molar-refractivity contribution in [2.75, 3.05) is 25.0 Å². The third-order valence-electron chi connectivity index (χ3n) is 3.92. The van der Waals surface area contributed by atoms with E-state index >= 15 is 0 Å². The highest BCUT2D eigenvalue weighted by atomic mass is 16.3. The number of hydrogen-bond donors (Lipinski definition) is 2. The summed E-state index contributed by atoms with van der Waals surface area (Å²) in [5.41, 5.74) is 8.47. The Bertz CT molecular complexity index is 598. The van der Waals surface area contributed by atoms with Gasteiger partial charge in [-0.25, -0.2) is 0 Å². The summed E-state index contributed by atoms with van der Waals surface area (Å²) in [4.78, 5) is 6.56. The molecule has 1 aromatic heterocycles. The zero-order valence-electron chi connectivity index (χ0n) is 13.0. The topological polar surface area (TPSA) is 62.4 Å². The molecule has 0 unspecified atom stereocenters. The number of aromatic hydroxyl groups is 1. The first-order valence-electron chi connectivity index (χ1n) is 7.63. The molecule has 0 atom stereocenters. The lowest BCUT2D eigenvalue weighted by molar-refractivity contribution is 0.480. The van der Waals surface area contributed by atoms with Crippen molar-refractivity contribution in [3.8, 4) is 5.75 Å². The first kappa shape index (κ1) is 15.6. The summed E-state index contributed by atoms with van der Waals surface area (Å²) in [7, 11) is 2.10. The van der Waals surface area contributed by atoms with Crippen molar-refractivity contribution < 1.29 is 5.11 Å². The highest BCUT2D eigenvalue weighted by Gasteiger charge is 2.11. The molecule has 2 aromatic rings. The maximum atomic E-state index is 9.98. The van der Waals surface area contributed by atoms with Crippen LogP contribution in [0.2, 0.25) is 0 Å². The number of hydrogen-bond acceptors (Lipinski definition) is 4. The van der Waals surface area contributed by atoms with Crippen molar-refractivity contribution in [3.63, 3.8) is 0 Å². The lowest BCUT2D eigenvalue weighted by Gasteiger charge is -2.22. The average Bonchev–Trinajstić information content (AvgIpc) is 2.48. The van der Waals surface area contributed by atoms with Crippen molar-refractivity contribution in [2.24, 2.45) is 5.73 Å². The second-order valence-corrected chi connectivity index (χ2v) is 5.58. The molecule has 0 fully saturated rings. The molecule has 0 saturated heterocycles. The smallest absolute Gasteiger partial charge is 0.141 e. The molecule has 4 heteroatoms. The van der Waals surface area contributed by atoms with Crippen LogP contribution in [0.25, 0.3) is 10.9 Å². The predicted octanol–water partition coefficient (Wildman–Crippen LogP) is 3.20. The van der Waals surface area contributed by atoms with Crippen LogP contribution in [-0.2, 0) is 0 Å². The van der Waals surface area contributed by atoms with Crippen LogP contribution in [0.3, 0.4) is 0 Å². The van der Waals surface area contributed by atoms with E-state index in [4.69, 9.17) is 5.73 Å². The van der Waals surface area contributed by atoms with Crippen LogP contribution in [0.1, 0.15) is 31.2 Å². The number of pyridine rings is 1. The number of phenolic OH excluding ortho intramolecular Hbond substituents is 1. The Morgan fingerprint density at radius 2 is 1.90 bits per heavy atom. The molecular formula is C17H25N3O. The van der Waals surface area contributed by atoms with Crippen molar-refractivity contribution in [3.05, 3.63) is 30.0 Å². The SMILES string of the molecule is Cc1ccnc2c(O)ccc(N(C)CCCCCCN)c12. The van der Waals surface area contributed by atoms with Gasteiger partial charge in [0, 0.05) is 30.9 Å². The monoisotopic (exact) mass is 287 g/mol. The zero-order valence-corrected chi connectivity index (χ0v) is 13.0. The van der Waals surface area contributed by atoms with Crippen LogP contribution in [0.15, 0.2) is 24.4 Å². The van der Waals surface area contributed by atoms with E-state index in [9.17, 15) is 5.11 Å². The third kappa shape index (κ3) is 3.64.